The largest absolute Gasteiger partial charge is 0.290 e. The zero-order valence-corrected chi connectivity index (χ0v) is 13.5. The van der Waals surface area contributed by atoms with Crippen LogP contribution in [0.15, 0.2) is 45.0 Å². The first-order chi connectivity index (χ1) is 9.70. The fourth-order valence-electron chi connectivity index (χ4n) is 2.06. The summed E-state index contributed by atoms with van der Waals surface area (Å²) < 4.78 is 2.65. The van der Waals surface area contributed by atoms with Crippen LogP contribution in [0.4, 0.5) is 0 Å². The van der Waals surface area contributed by atoms with Crippen molar-refractivity contribution in [1.29, 1.82) is 0 Å². The minimum Gasteiger partial charge on any atom is -0.290 e. The molecule has 2 heterocycles. The summed E-state index contributed by atoms with van der Waals surface area (Å²) in [6, 6.07) is 9.31. The molecule has 0 unspecified atom stereocenters. The summed E-state index contributed by atoms with van der Waals surface area (Å²) in [4.78, 5) is 18.2. The molecule has 102 valence electrons. The molecule has 0 amide bonds. The van der Waals surface area contributed by atoms with Crippen LogP contribution in [0.3, 0.4) is 0 Å². The van der Waals surface area contributed by atoms with E-state index in [0.717, 1.165) is 9.35 Å². The molecule has 0 aliphatic carbocycles. The quantitative estimate of drug-likeness (QED) is 0.654. The Morgan fingerprint density at radius 2 is 2.10 bits per heavy atom. The minimum atomic E-state index is -0.0495. The van der Waals surface area contributed by atoms with Crippen molar-refractivity contribution in [3.05, 3.63) is 61.2 Å². The topological polar surface area (TPSA) is 34.9 Å². The van der Waals surface area contributed by atoms with Crippen LogP contribution in [0.25, 0.3) is 10.9 Å². The van der Waals surface area contributed by atoms with Gasteiger partial charge >= 0.3 is 0 Å². The van der Waals surface area contributed by atoms with Crippen LogP contribution in [0.2, 0.25) is 0 Å². The number of halogens is 2. The van der Waals surface area contributed by atoms with Gasteiger partial charge in [0.2, 0.25) is 0 Å². The van der Waals surface area contributed by atoms with Gasteiger partial charge in [-0.05, 0) is 39.5 Å². The van der Waals surface area contributed by atoms with Gasteiger partial charge in [-0.2, -0.15) is 0 Å². The van der Waals surface area contributed by atoms with Crippen LogP contribution in [0.5, 0.6) is 0 Å². The number of hydrogen-bond acceptors (Lipinski definition) is 3. The zero-order valence-electron chi connectivity index (χ0n) is 10.3. The van der Waals surface area contributed by atoms with Gasteiger partial charge in [-0.25, -0.2) is 4.98 Å². The van der Waals surface area contributed by atoms with E-state index in [2.05, 4.69) is 20.9 Å². The van der Waals surface area contributed by atoms with Gasteiger partial charge in [-0.15, -0.1) is 22.9 Å². The Balaban J connectivity index is 2.21. The number of thiophene rings is 1. The molecule has 20 heavy (non-hydrogen) atoms. The standard InChI is InChI=1S/C14H10BrClN2OS/c15-10-5-6-20-12(10)8-18-13(7-16)17-11-4-2-1-3-9(11)14(18)19/h1-6H,7-8H2. The third-order valence-corrected chi connectivity index (χ3v) is 5.20. The molecule has 0 aliphatic rings. The molecule has 0 fully saturated rings. The highest BCUT2D eigenvalue weighted by molar-refractivity contribution is 9.10. The maximum Gasteiger partial charge on any atom is 0.261 e. The lowest BCUT2D eigenvalue weighted by Crippen LogP contribution is -2.25. The molecule has 2 aromatic heterocycles. The minimum absolute atomic E-state index is 0.0495. The van der Waals surface area contributed by atoms with Crippen LogP contribution < -0.4 is 5.56 Å². The van der Waals surface area contributed by atoms with Gasteiger partial charge in [0.15, 0.2) is 0 Å². The zero-order chi connectivity index (χ0) is 14.1. The Morgan fingerprint density at radius 1 is 1.30 bits per heavy atom. The summed E-state index contributed by atoms with van der Waals surface area (Å²) in [6.45, 7) is 0.483. The maximum absolute atomic E-state index is 12.6. The number of nitrogens with zero attached hydrogens (tertiary/aromatic N) is 2. The molecule has 0 radical (unpaired) electrons. The highest BCUT2D eigenvalue weighted by atomic mass is 79.9. The lowest BCUT2D eigenvalue weighted by Gasteiger charge is -2.11. The number of aromatic nitrogens is 2. The summed E-state index contributed by atoms with van der Waals surface area (Å²) in [6.07, 6.45) is 0. The summed E-state index contributed by atoms with van der Waals surface area (Å²) in [5.41, 5.74) is 0.640. The van der Waals surface area contributed by atoms with E-state index >= 15 is 0 Å². The molecule has 0 atom stereocenters. The van der Waals surface area contributed by atoms with Gasteiger partial charge in [0.1, 0.15) is 5.82 Å². The second-order valence-electron chi connectivity index (χ2n) is 4.26. The molecule has 3 aromatic rings. The van der Waals surface area contributed by atoms with Crippen LogP contribution >= 0.6 is 38.9 Å². The fraction of sp³-hybridized carbons (Fsp3) is 0.143. The molecule has 0 N–H and O–H groups in total. The monoisotopic (exact) mass is 368 g/mol. The average molecular weight is 370 g/mol. The van der Waals surface area contributed by atoms with E-state index in [1.165, 1.54) is 0 Å². The Bertz CT molecular complexity index is 827. The molecular formula is C14H10BrClN2OS. The average Bonchev–Trinajstić information content (AvgIpc) is 2.87. The van der Waals surface area contributed by atoms with E-state index in [4.69, 9.17) is 11.6 Å². The van der Waals surface area contributed by atoms with Crippen molar-refractivity contribution in [1.82, 2.24) is 9.55 Å². The van der Waals surface area contributed by atoms with Gasteiger partial charge in [0.05, 0.1) is 23.3 Å². The Labute approximate surface area is 133 Å². The molecule has 0 bridgehead atoms. The first-order valence-corrected chi connectivity index (χ1v) is 8.17. The SMILES string of the molecule is O=c1c2ccccc2nc(CCl)n1Cc1sccc1Br. The smallest absolute Gasteiger partial charge is 0.261 e. The fourth-order valence-corrected chi connectivity index (χ4v) is 3.73. The number of benzene rings is 1. The summed E-state index contributed by atoms with van der Waals surface area (Å²) in [5, 5.41) is 2.60. The molecule has 0 aliphatic heterocycles. The molecule has 0 spiro atoms. The van der Waals surface area contributed by atoms with E-state index < -0.39 is 0 Å². The van der Waals surface area contributed by atoms with Crippen molar-refractivity contribution in [2.45, 2.75) is 12.4 Å². The van der Waals surface area contributed by atoms with E-state index in [0.29, 0.717) is 23.3 Å². The second kappa shape index (κ2) is 5.68. The summed E-state index contributed by atoms with van der Waals surface area (Å²) in [5.74, 6) is 0.805. The highest BCUT2D eigenvalue weighted by Gasteiger charge is 2.12. The summed E-state index contributed by atoms with van der Waals surface area (Å²) in [7, 11) is 0. The molecule has 3 rings (SSSR count). The second-order valence-corrected chi connectivity index (χ2v) is 6.38. The first kappa shape index (κ1) is 13.8. The van der Waals surface area contributed by atoms with Crippen molar-refractivity contribution < 1.29 is 0 Å². The van der Waals surface area contributed by atoms with E-state index in [-0.39, 0.29) is 11.4 Å². The van der Waals surface area contributed by atoms with E-state index in [1.54, 1.807) is 22.0 Å². The maximum atomic E-state index is 12.6. The molecular weight excluding hydrogens is 360 g/mol. The molecule has 6 heteroatoms. The molecule has 0 saturated carbocycles. The van der Waals surface area contributed by atoms with Crippen LogP contribution in [-0.4, -0.2) is 9.55 Å². The predicted molar refractivity (Wildman–Crippen MR) is 86.7 cm³/mol. The lowest BCUT2D eigenvalue weighted by molar-refractivity contribution is 0.713. The third-order valence-electron chi connectivity index (χ3n) is 3.05. The van der Waals surface area contributed by atoms with Crippen molar-refractivity contribution in [2.75, 3.05) is 0 Å². The Hall–Kier alpha value is -1.17. The number of rotatable bonds is 3. The Kier molecular flexibility index (Phi) is 3.92. The highest BCUT2D eigenvalue weighted by Crippen LogP contribution is 2.24. The van der Waals surface area contributed by atoms with Crippen molar-refractivity contribution in [3.63, 3.8) is 0 Å². The van der Waals surface area contributed by atoms with E-state index in [1.807, 2.05) is 29.6 Å². The van der Waals surface area contributed by atoms with E-state index in [9.17, 15) is 4.79 Å². The molecule has 3 nitrogen and oxygen atoms in total. The first-order valence-electron chi connectivity index (χ1n) is 5.97. The summed E-state index contributed by atoms with van der Waals surface area (Å²) >= 11 is 11.0. The van der Waals surface area contributed by atoms with Crippen LogP contribution in [0.1, 0.15) is 10.7 Å². The van der Waals surface area contributed by atoms with Crippen LogP contribution in [0, 0.1) is 0 Å². The van der Waals surface area contributed by atoms with Gasteiger partial charge in [-0.3, -0.25) is 9.36 Å². The van der Waals surface area contributed by atoms with Gasteiger partial charge in [-0.1, -0.05) is 12.1 Å². The number of fused-ring (bicyclic) bond motifs is 1. The van der Waals surface area contributed by atoms with Gasteiger partial charge in [0, 0.05) is 9.35 Å². The van der Waals surface area contributed by atoms with Crippen molar-refractivity contribution in [2.24, 2.45) is 0 Å². The van der Waals surface area contributed by atoms with Gasteiger partial charge in [0.25, 0.3) is 5.56 Å². The number of para-hydroxylation sites is 1. The molecule has 0 saturated heterocycles. The predicted octanol–water partition coefficient (Wildman–Crippen LogP) is 4.01. The van der Waals surface area contributed by atoms with Crippen LogP contribution in [-0.2, 0) is 12.4 Å². The Morgan fingerprint density at radius 3 is 2.80 bits per heavy atom. The van der Waals surface area contributed by atoms with Gasteiger partial charge < -0.3 is 0 Å². The number of alkyl halides is 1. The molecule has 1 aromatic carbocycles. The van der Waals surface area contributed by atoms with Crippen molar-refractivity contribution in [3.8, 4) is 0 Å². The van der Waals surface area contributed by atoms with Crippen molar-refractivity contribution >= 4 is 49.8 Å². The lowest BCUT2D eigenvalue weighted by atomic mass is 10.2. The number of hydrogen-bond donors (Lipinski definition) is 0. The normalized spacial score (nSPS) is 11.1. The third kappa shape index (κ3) is 2.41.